The van der Waals surface area contributed by atoms with Crippen LogP contribution in [-0.2, 0) is 0 Å². The summed E-state index contributed by atoms with van der Waals surface area (Å²) >= 11 is 0. The smallest absolute Gasteiger partial charge is 0.323 e. The predicted molar refractivity (Wildman–Crippen MR) is 77.8 cm³/mol. The zero-order valence-electron chi connectivity index (χ0n) is 11.5. The Hall–Kier alpha value is -2.12. The Morgan fingerprint density at radius 1 is 1.38 bits per heavy atom. The van der Waals surface area contributed by atoms with Crippen LogP contribution in [0, 0.1) is 11.8 Å². The van der Waals surface area contributed by atoms with E-state index in [2.05, 4.69) is 15.3 Å². The Bertz CT molecular complexity index is 630. The molecule has 0 spiro atoms. The Kier molecular flexibility index (Phi) is 3.76. The summed E-state index contributed by atoms with van der Waals surface area (Å²) in [7, 11) is 0. The molecule has 0 saturated carbocycles. The molecule has 0 aromatic carbocycles. The van der Waals surface area contributed by atoms with Crippen molar-refractivity contribution < 1.29 is 15.0 Å². The molecule has 1 aliphatic rings. The highest BCUT2D eigenvalue weighted by molar-refractivity contribution is 5.91. The second-order valence-electron chi connectivity index (χ2n) is 5.35. The number of likely N-dealkylation sites (tertiary alicyclic amines) is 1. The summed E-state index contributed by atoms with van der Waals surface area (Å²) in [4.78, 5) is 21.0. The fourth-order valence-corrected chi connectivity index (χ4v) is 2.73. The van der Waals surface area contributed by atoms with Gasteiger partial charge < -0.3 is 20.1 Å². The van der Waals surface area contributed by atoms with E-state index in [4.69, 9.17) is 0 Å². The van der Waals surface area contributed by atoms with Crippen LogP contribution in [0.25, 0.3) is 10.9 Å². The lowest BCUT2D eigenvalue weighted by molar-refractivity contribution is 0.152. The average molecular weight is 290 g/mol. The van der Waals surface area contributed by atoms with E-state index in [-0.39, 0.29) is 31.1 Å². The number of rotatable bonds is 3. The first-order valence-electron chi connectivity index (χ1n) is 6.92. The van der Waals surface area contributed by atoms with Gasteiger partial charge in [-0.15, -0.1) is 0 Å². The number of urea groups is 1. The number of aromatic nitrogens is 2. The first kappa shape index (κ1) is 13.8. The van der Waals surface area contributed by atoms with Gasteiger partial charge in [0.15, 0.2) is 0 Å². The minimum atomic E-state index is -0.258. The Morgan fingerprint density at radius 2 is 2.10 bits per heavy atom. The van der Waals surface area contributed by atoms with E-state index in [1.807, 2.05) is 12.3 Å². The van der Waals surface area contributed by atoms with Crippen molar-refractivity contribution in [3.8, 4) is 0 Å². The molecule has 3 heterocycles. The van der Waals surface area contributed by atoms with Gasteiger partial charge in [0.05, 0.1) is 11.7 Å². The molecule has 2 atom stereocenters. The molecule has 1 fully saturated rings. The minimum absolute atomic E-state index is 0.0252. The van der Waals surface area contributed by atoms with E-state index in [0.29, 0.717) is 18.9 Å². The van der Waals surface area contributed by atoms with Crippen molar-refractivity contribution in [1.82, 2.24) is 14.9 Å². The van der Waals surface area contributed by atoms with Crippen LogP contribution in [0.5, 0.6) is 0 Å². The molecule has 2 amide bonds. The van der Waals surface area contributed by atoms with Gasteiger partial charge in [-0.3, -0.25) is 5.32 Å². The maximum absolute atomic E-state index is 12.2. The van der Waals surface area contributed by atoms with E-state index in [1.54, 1.807) is 17.2 Å². The fraction of sp³-hybridized carbons (Fsp3) is 0.429. The minimum Gasteiger partial charge on any atom is -0.396 e. The SMILES string of the molecule is O=C(Nc1cc2cc[nH]c2cn1)N1C[C@@H](CO)[C@H](CO)C1. The standard InChI is InChI=1S/C14H18N4O3/c19-7-10-5-18(6-11(10)8-20)14(21)17-13-3-9-1-2-15-12(9)4-16-13/h1-4,10-11,15,19-20H,5-8H2,(H,16,17,21)/t10-,11-/m0/s1. The molecule has 0 aliphatic carbocycles. The number of aromatic amines is 1. The maximum Gasteiger partial charge on any atom is 0.323 e. The second-order valence-corrected chi connectivity index (χ2v) is 5.35. The van der Waals surface area contributed by atoms with E-state index < -0.39 is 0 Å². The molecule has 2 aromatic heterocycles. The van der Waals surface area contributed by atoms with Crippen LogP contribution < -0.4 is 5.32 Å². The molecule has 21 heavy (non-hydrogen) atoms. The van der Waals surface area contributed by atoms with Crippen LogP contribution in [0.4, 0.5) is 10.6 Å². The molecular weight excluding hydrogens is 272 g/mol. The van der Waals surface area contributed by atoms with Crippen LogP contribution in [0.15, 0.2) is 24.5 Å². The lowest BCUT2D eigenvalue weighted by atomic mass is 9.98. The molecule has 3 rings (SSSR count). The summed E-state index contributed by atoms with van der Waals surface area (Å²) in [5.74, 6) is 0.349. The fourth-order valence-electron chi connectivity index (χ4n) is 2.73. The highest BCUT2D eigenvalue weighted by Gasteiger charge is 2.34. The Labute approximate surface area is 121 Å². The zero-order valence-corrected chi connectivity index (χ0v) is 11.5. The normalized spacial score (nSPS) is 21.9. The molecule has 7 nitrogen and oxygen atoms in total. The molecule has 112 valence electrons. The van der Waals surface area contributed by atoms with Gasteiger partial charge >= 0.3 is 6.03 Å². The van der Waals surface area contributed by atoms with Crippen molar-refractivity contribution in [1.29, 1.82) is 0 Å². The molecule has 4 N–H and O–H groups in total. The van der Waals surface area contributed by atoms with E-state index in [1.165, 1.54) is 0 Å². The summed E-state index contributed by atoms with van der Waals surface area (Å²) in [5, 5.41) is 22.3. The summed E-state index contributed by atoms with van der Waals surface area (Å²) in [6.45, 7) is 0.838. The van der Waals surface area contributed by atoms with E-state index in [0.717, 1.165) is 10.9 Å². The van der Waals surface area contributed by atoms with Crippen molar-refractivity contribution in [2.24, 2.45) is 11.8 Å². The summed E-state index contributed by atoms with van der Waals surface area (Å²) in [6, 6.07) is 3.45. The van der Waals surface area contributed by atoms with Crippen molar-refractivity contribution in [2.45, 2.75) is 0 Å². The molecular formula is C14H18N4O3. The molecule has 1 saturated heterocycles. The number of nitrogens with zero attached hydrogens (tertiary/aromatic N) is 2. The number of hydrogen-bond donors (Lipinski definition) is 4. The number of carbonyl (C=O) groups is 1. The van der Waals surface area contributed by atoms with E-state index >= 15 is 0 Å². The topological polar surface area (TPSA) is 101 Å². The molecule has 0 unspecified atom stereocenters. The third-order valence-corrected chi connectivity index (χ3v) is 4.01. The number of fused-ring (bicyclic) bond motifs is 1. The van der Waals surface area contributed by atoms with Crippen molar-refractivity contribution in [2.75, 3.05) is 31.6 Å². The van der Waals surface area contributed by atoms with E-state index in [9.17, 15) is 15.0 Å². The molecule has 2 aromatic rings. The number of aliphatic hydroxyl groups is 2. The summed E-state index contributed by atoms with van der Waals surface area (Å²) in [6.07, 6.45) is 3.48. The lowest BCUT2D eigenvalue weighted by Crippen LogP contribution is -2.33. The molecule has 0 bridgehead atoms. The number of pyridine rings is 1. The van der Waals surface area contributed by atoms with Gasteiger partial charge in [0, 0.05) is 49.7 Å². The first-order valence-corrected chi connectivity index (χ1v) is 6.92. The van der Waals surface area contributed by atoms with Crippen LogP contribution >= 0.6 is 0 Å². The third kappa shape index (κ3) is 2.70. The van der Waals surface area contributed by atoms with Crippen molar-refractivity contribution >= 4 is 22.8 Å². The summed E-state index contributed by atoms with van der Waals surface area (Å²) < 4.78 is 0. The number of aliphatic hydroxyl groups excluding tert-OH is 2. The zero-order chi connectivity index (χ0) is 14.8. The predicted octanol–water partition coefficient (Wildman–Crippen LogP) is 0.627. The number of amides is 2. The second kappa shape index (κ2) is 5.71. The highest BCUT2D eigenvalue weighted by Crippen LogP contribution is 2.23. The summed E-state index contributed by atoms with van der Waals surface area (Å²) in [5.41, 5.74) is 0.912. The first-order chi connectivity index (χ1) is 10.2. The van der Waals surface area contributed by atoms with Crippen LogP contribution in [0.2, 0.25) is 0 Å². The van der Waals surface area contributed by atoms with Crippen LogP contribution in [0.1, 0.15) is 0 Å². The molecule has 7 heteroatoms. The quantitative estimate of drug-likeness (QED) is 0.666. The highest BCUT2D eigenvalue weighted by atomic mass is 16.3. The average Bonchev–Trinajstić information content (AvgIpc) is 3.12. The van der Waals surface area contributed by atoms with Gasteiger partial charge in [-0.2, -0.15) is 0 Å². The molecule has 0 radical (unpaired) electrons. The number of H-pyrrole nitrogens is 1. The lowest BCUT2D eigenvalue weighted by Gasteiger charge is -2.16. The number of nitrogens with one attached hydrogen (secondary N) is 2. The Morgan fingerprint density at radius 3 is 2.76 bits per heavy atom. The number of hydrogen-bond acceptors (Lipinski definition) is 4. The van der Waals surface area contributed by atoms with Gasteiger partial charge in [0.1, 0.15) is 5.82 Å². The van der Waals surface area contributed by atoms with Gasteiger partial charge in [0.25, 0.3) is 0 Å². The van der Waals surface area contributed by atoms with Crippen molar-refractivity contribution in [3.05, 3.63) is 24.5 Å². The largest absolute Gasteiger partial charge is 0.396 e. The number of carbonyl (C=O) groups excluding carboxylic acids is 1. The molecule has 1 aliphatic heterocycles. The van der Waals surface area contributed by atoms with Gasteiger partial charge in [0.2, 0.25) is 0 Å². The van der Waals surface area contributed by atoms with Gasteiger partial charge in [-0.25, -0.2) is 9.78 Å². The van der Waals surface area contributed by atoms with Crippen molar-refractivity contribution in [3.63, 3.8) is 0 Å². The third-order valence-electron chi connectivity index (χ3n) is 4.01. The maximum atomic E-state index is 12.2. The number of anilines is 1. The Balaban J connectivity index is 1.68. The van der Waals surface area contributed by atoms with Crippen LogP contribution in [0.3, 0.4) is 0 Å². The van der Waals surface area contributed by atoms with Gasteiger partial charge in [-0.1, -0.05) is 0 Å². The van der Waals surface area contributed by atoms with Gasteiger partial charge in [-0.05, 0) is 12.1 Å². The van der Waals surface area contributed by atoms with Crippen LogP contribution in [-0.4, -0.2) is 57.4 Å². The monoisotopic (exact) mass is 290 g/mol.